The number of halogens is 7. The van der Waals surface area contributed by atoms with Gasteiger partial charge in [-0.05, 0) is 79.2 Å². The molecule has 0 atom stereocenters. The number of nitrogens with two attached hydrogens (primary N) is 1. The second kappa shape index (κ2) is 27.5. The minimum Gasteiger partial charge on any atom is -0.662 e. The molecule has 0 unspecified atom stereocenters. The van der Waals surface area contributed by atoms with Crippen molar-refractivity contribution < 1.29 is 81.2 Å². The van der Waals surface area contributed by atoms with Gasteiger partial charge < -0.3 is 15.9 Å². The second-order valence-electron chi connectivity index (χ2n) is 9.81. The molecule has 4 aromatic carbocycles. The summed E-state index contributed by atoms with van der Waals surface area (Å²) in [7, 11) is 0. The summed E-state index contributed by atoms with van der Waals surface area (Å²) in [5.41, 5.74) is 7.32. The normalized spacial score (nSPS) is 9.75. The number of hydrogen-bond donors (Lipinski definition) is 1. The summed E-state index contributed by atoms with van der Waals surface area (Å²) in [4.78, 5) is 56.0. The molecule has 0 amide bonds. The largest absolute Gasteiger partial charge is 1.00 e. The van der Waals surface area contributed by atoms with Gasteiger partial charge in [0.25, 0.3) is 6.47 Å². The van der Waals surface area contributed by atoms with Gasteiger partial charge in [-0.15, -0.1) is 0 Å². The fourth-order valence-corrected chi connectivity index (χ4v) is 4.76. The SMILES string of the molecule is CC(=O)C(=O)CBr.CCc1cn(-c2ccc(Br)cc2)c(-c2c(F)cccc2F)n1.NC(=Nc1ccc(Br)cc1)c1c(F)cccc1F.O=C=O.O=CO[O-].[Na+]. The first kappa shape index (κ1) is 50.9. The third-order valence-electron chi connectivity index (χ3n) is 6.26. The molecule has 0 spiro atoms. The van der Waals surface area contributed by atoms with Gasteiger partial charge >= 0.3 is 35.7 Å². The van der Waals surface area contributed by atoms with Crippen molar-refractivity contribution in [2.75, 3.05) is 5.33 Å². The number of aryl methyl sites for hydroxylation is 1. The number of alkyl halides is 1. The Bertz CT molecular complexity index is 2030. The van der Waals surface area contributed by atoms with Gasteiger partial charge in [0.1, 0.15) is 29.1 Å². The van der Waals surface area contributed by atoms with Crippen molar-refractivity contribution in [3.8, 4) is 17.1 Å². The molecule has 0 fully saturated rings. The first-order chi connectivity index (χ1) is 25.7. The maximum absolute atomic E-state index is 14.1. The molecule has 2 N–H and O–H groups in total. The number of carbonyl (C=O) groups excluding carboxylic acids is 5. The Morgan fingerprint density at radius 3 is 1.71 bits per heavy atom. The summed E-state index contributed by atoms with van der Waals surface area (Å²) in [5.74, 6) is -3.38. The smallest absolute Gasteiger partial charge is 0.662 e. The van der Waals surface area contributed by atoms with Gasteiger partial charge in [-0.2, -0.15) is 9.59 Å². The molecule has 0 aliphatic rings. The number of ketones is 2. The third-order valence-corrected chi connectivity index (χ3v) is 7.82. The first-order valence-corrected chi connectivity index (χ1v) is 17.5. The average Bonchev–Trinajstić information content (AvgIpc) is 3.57. The number of nitrogens with zero attached hydrogens (tertiary/aromatic N) is 3. The quantitative estimate of drug-likeness (QED) is 0.0274. The van der Waals surface area contributed by atoms with Crippen molar-refractivity contribution in [2.24, 2.45) is 10.7 Å². The molecule has 5 rings (SSSR count). The van der Waals surface area contributed by atoms with Crippen LogP contribution < -0.4 is 40.5 Å². The van der Waals surface area contributed by atoms with E-state index in [0.29, 0.717) is 12.1 Å². The Hall–Kier alpha value is -4.13. The number of hydrogen-bond acceptors (Lipinski definition) is 9. The van der Waals surface area contributed by atoms with Crippen molar-refractivity contribution in [3.63, 3.8) is 0 Å². The van der Waals surface area contributed by atoms with E-state index in [4.69, 9.17) is 25.4 Å². The summed E-state index contributed by atoms with van der Waals surface area (Å²) in [5, 5.41) is 8.57. The van der Waals surface area contributed by atoms with E-state index in [1.165, 1.54) is 31.2 Å². The average molecular weight is 967 g/mol. The van der Waals surface area contributed by atoms with Crippen LogP contribution in [-0.2, 0) is 35.3 Å². The number of amidine groups is 1. The molecule has 0 radical (unpaired) electrons. The van der Waals surface area contributed by atoms with E-state index in [0.717, 1.165) is 32.5 Å². The Kier molecular flexibility index (Phi) is 25.4. The van der Waals surface area contributed by atoms with E-state index >= 15 is 0 Å². The van der Waals surface area contributed by atoms with Crippen molar-refractivity contribution in [2.45, 2.75) is 20.3 Å². The summed E-state index contributed by atoms with van der Waals surface area (Å²) < 4.78 is 58.7. The summed E-state index contributed by atoms with van der Waals surface area (Å²) in [6, 6.07) is 21.8. The molecule has 0 bridgehead atoms. The number of aliphatic imine (C=N–C) groups is 1. The molecule has 11 nitrogen and oxygen atoms in total. The maximum Gasteiger partial charge on any atom is 1.00 e. The Labute approximate surface area is 359 Å². The van der Waals surface area contributed by atoms with Crippen LogP contribution in [0.3, 0.4) is 0 Å². The molecule has 0 saturated carbocycles. The number of carbonyl (C=O) groups is 3. The molecule has 5 aromatic rings. The molecule has 0 aliphatic carbocycles. The third kappa shape index (κ3) is 17.5. The van der Waals surface area contributed by atoms with E-state index in [9.17, 15) is 27.2 Å². The molecule has 284 valence electrons. The topological polar surface area (TPSA) is 174 Å². The van der Waals surface area contributed by atoms with Crippen LogP contribution in [-0.4, -0.2) is 44.9 Å². The van der Waals surface area contributed by atoms with E-state index < -0.39 is 29.1 Å². The molecule has 1 aromatic heterocycles. The van der Waals surface area contributed by atoms with Crippen LogP contribution in [0.4, 0.5) is 23.2 Å². The number of imidazole rings is 1. The van der Waals surface area contributed by atoms with Crippen LogP contribution in [0, 0.1) is 23.3 Å². The van der Waals surface area contributed by atoms with Gasteiger partial charge in [-0.3, -0.25) is 19.0 Å². The molecule has 55 heavy (non-hydrogen) atoms. The summed E-state index contributed by atoms with van der Waals surface area (Å²) >= 11 is 9.50. The minimum absolute atomic E-state index is 0. The number of benzene rings is 4. The minimum atomic E-state index is -0.728. The molecular weight excluding hydrogens is 939 g/mol. The van der Waals surface area contributed by atoms with Crippen molar-refractivity contribution in [3.05, 3.63) is 135 Å². The van der Waals surface area contributed by atoms with Crippen LogP contribution in [0.25, 0.3) is 17.1 Å². The first-order valence-electron chi connectivity index (χ1n) is 14.8. The van der Waals surface area contributed by atoms with Gasteiger partial charge in [0.15, 0.2) is 11.6 Å². The van der Waals surface area contributed by atoms with Crippen LogP contribution >= 0.6 is 47.8 Å². The molecule has 0 aliphatic heterocycles. The van der Waals surface area contributed by atoms with Gasteiger partial charge in [0, 0.05) is 27.8 Å². The zero-order valence-electron chi connectivity index (χ0n) is 29.1. The maximum atomic E-state index is 14.1. The van der Waals surface area contributed by atoms with Gasteiger partial charge in [0.05, 0.1) is 27.8 Å². The Morgan fingerprint density at radius 2 is 1.33 bits per heavy atom. The summed E-state index contributed by atoms with van der Waals surface area (Å²) in [6.45, 7) is 3.03. The van der Waals surface area contributed by atoms with E-state index in [1.807, 2.05) is 37.4 Å². The second-order valence-corrected chi connectivity index (χ2v) is 12.2. The number of Topliss-reactive ketones (excluding diaryl/α,β-unsaturated/α-hetero) is 2. The molecule has 19 heteroatoms. The van der Waals surface area contributed by atoms with Crippen LogP contribution in [0.1, 0.15) is 25.1 Å². The van der Waals surface area contributed by atoms with Gasteiger partial charge in [-0.1, -0.05) is 66.8 Å². The fourth-order valence-electron chi connectivity index (χ4n) is 3.83. The zero-order chi connectivity index (χ0) is 40.8. The van der Waals surface area contributed by atoms with Crippen LogP contribution in [0.2, 0.25) is 0 Å². The van der Waals surface area contributed by atoms with Crippen LogP contribution in [0.15, 0.2) is 105 Å². The summed E-state index contributed by atoms with van der Waals surface area (Å²) in [6.07, 6.45) is 2.75. The van der Waals surface area contributed by atoms with E-state index in [-0.39, 0.29) is 76.1 Å². The van der Waals surface area contributed by atoms with Crippen molar-refractivity contribution in [1.29, 1.82) is 0 Å². The van der Waals surface area contributed by atoms with Gasteiger partial charge in [0.2, 0.25) is 5.78 Å². The number of rotatable bonds is 8. The van der Waals surface area contributed by atoms with Gasteiger partial charge in [-0.25, -0.2) is 27.5 Å². The Balaban J connectivity index is 0.000000790. The van der Waals surface area contributed by atoms with E-state index in [2.05, 4.69) is 62.7 Å². The van der Waals surface area contributed by atoms with E-state index in [1.54, 1.807) is 28.8 Å². The molecule has 0 saturated heterocycles. The monoisotopic (exact) mass is 964 g/mol. The fraction of sp³-hybridized carbons (Fsp3) is 0.111. The van der Waals surface area contributed by atoms with Crippen molar-refractivity contribution >= 4 is 83.5 Å². The molecular formula is C36H28Br3F4N4NaO7. The zero-order valence-corrected chi connectivity index (χ0v) is 35.8. The predicted octanol–water partition coefficient (Wildman–Crippen LogP) is 4.30. The number of aromatic nitrogens is 2. The Morgan fingerprint density at radius 1 is 0.891 bits per heavy atom. The van der Waals surface area contributed by atoms with Crippen LogP contribution in [0.5, 0.6) is 0 Å². The molecule has 1 heterocycles. The standard InChI is InChI=1S/C17H13BrF2N2.C13H9BrF2N2.C4H5BrO2.CH2O3.CO2.Na/c1-2-12-10-22(13-8-6-11(18)7-9-13)17(21-12)16-14(19)4-3-5-15(16)20;14-8-4-6-9(7-5-8)18-13(17)12-10(15)2-1-3-11(12)16;1-3(6)4(7)2-5;2-1-4-3;2-1-3;/h3-10H,2H2,1H3;1-7H,(H2,17,18);2H2,1H3;1,3H;;/q;;;;;+1/p-1. The predicted molar refractivity (Wildman–Crippen MR) is 199 cm³/mol. The van der Waals surface area contributed by atoms with Crippen molar-refractivity contribution in [1.82, 2.24) is 9.55 Å².